The number of carbonyl (C=O) groups excluding carboxylic acids is 1. The van der Waals surface area contributed by atoms with Crippen LogP contribution in [-0.4, -0.2) is 63.8 Å². The van der Waals surface area contributed by atoms with Gasteiger partial charge in [-0.25, -0.2) is 9.78 Å². The second-order valence-corrected chi connectivity index (χ2v) is 9.37. The van der Waals surface area contributed by atoms with E-state index < -0.39 is 17.8 Å². The number of nitrogens with one attached hydrogen (secondary N) is 2. The molecule has 1 aromatic carbocycles. The van der Waals surface area contributed by atoms with E-state index in [4.69, 9.17) is 0 Å². The van der Waals surface area contributed by atoms with Gasteiger partial charge in [-0.05, 0) is 55.8 Å². The molecule has 11 heteroatoms. The second-order valence-electron chi connectivity index (χ2n) is 9.37. The molecule has 0 unspecified atom stereocenters. The fourth-order valence-corrected chi connectivity index (χ4v) is 4.24. The lowest BCUT2D eigenvalue weighted by Crippen LogP contribution is -2.44. The fraction of sp³-hybridized carbons (Fsp3) is 0.400. The summed E-state index contributed by atoms with van der Waals surface area (Å²) in [5.74, 6) is 0.278. The van der Waals surface area contributed by atoms with Crippen LogP contribution >= 0.6 is 0 Å². The Morgan fingerprint density at radius 2 is 1.83 bits per heavy atom. The molecule has 1 saturated heterocycles. The van der Waals surface area contributed by atoms with E-state index in [2.05, 4.69) is 25.6 Å². The minimum absolute atomic E-state index is 0.0594. The monoisotopic (exact) mass is 499 g/mol. The summed E-state index contributed by atoms with van der Waals surface area (Å²) in [4.78, 5) is 20.8. The SMILES string of the molecule is CN1CCN(Cc2ccc(NC(=O)Nc3ccc(-c4ccn(C5CC5)n4)cn3)cc2C(F)(F)F)CC1. The maximum absolute atomic E-state index is 13.8. The molecule has 1 saturated carbocycles. The van der Waals surface area contributed by atoms with Crippen molar-refractivity contribution in [3.05, 3.63) is 59.9 Å². The Hall–Kier alpha value is -3.44. The summed E-state index contributed by atoms with van der Waals surface area (Å²) in [6.45, 7) is 3.28. The zero-order valence-electron chi connectivity index (χ0n) is 19.9. The van der Waals surface area contributed by atoms with Gasteiger partial charge in [-0.2, -0.15) is 18.3 Å². The first-order valence-electron chi connectivity index (χ1n) is 12.0. The summed E-state index contributed by atoms with van der Waals surface area (Å²) in [7, 11) is 2.00. The number of anilines is 2. The minimum atomic E-state index is -4.53. The van der Waals surface area contributed by atoms with Crippen LogP contribution in [0.15, 0.2) is 48.8 Å². The number of urea groups is 1. The lowest BCUT2D eigenvalue weighted by molar-refractivity contribution is -0.138. The van der Waals surface area contributed by atoms with Gasteiger partial charge in [0, 0.05) is 56.4 Å². The van der Waals surface area contributed by atoms with Crippen LogP contribution in [0, 0.1) is 0 Å². The van der Waals surface area contributed by atoms with E-state index in [1.165, 1.54) is 12.1 Å². The molecule has 1 aliphatic heterocycles. The Bertz CT molecular complexity index is 1210. The van der Waals surface area contributed by atoms with Crippen molar-refractivity contribution in [3.63, 3.8) is 0 Å². The van der Waals surface area contributed by atoms with Crippen molar-refractivity contribution in [2.24, 2.45) is 0 Å². The van der Waals surface area contributed by atoms with Gasteiger partial charge in [0.2, 0.25) is 0 Å². The number of aromatic nitrogens is 3. The lowest BCUT2D eigenvalue weighted by Gasteiger charge is -2.33. The van der Waals surface area contributed by atoms with Gasteiger partial charge in [-0.15, -0.1) is 0 Å². The second kappa shape index (κ2) is 9.90. The van der Waals surface area contributed by atoms with Crippen LogP contribution in [0.5, 0.6) is 0 Å². The van der Waals surface area contributed by atoms with E-state index in [1.807, 2.05) is 28.9 Å². The minimum Gasteiger partial charge on any atom is -0.308 e. The number of rotatable bonds is 6. The number of benzene rings is 1. The first kappa shape index (κ1) is 24.3. The fourth-order valence-electron chi connectivity index (χ4n) is 4.24. The molecular weight excluding hydrogens is 471 g/mol. The van der Waals surface area contributed by atoms with Crippen molar-refractivity contribution < 1.29 is 18.0 Å². The highest BCUT2D eigenvalue weighted by Crippen LogP contribution is 2.35. The molecule has 190 valence electrons. The van der Waals surface area contributed by atoms with Crippen molar-refractivity contribution in [3.8, 4) is 11.3 Å². The van der Waals surface area contributed by atoms with Gasteiger partial charge in [0.15, 0.2) is 0 Å². The molecule has 36 heavy (non-hydrogen) atoms. The maximum Gasteiger partial charge on any atom is 0.416 e. The van der Waals surface area contributed by atoms with E-state index >= 15 is 0 Å². The van der Waals surface area contributed by atoms with Crippen molar-refractivity contribution in [1.82, 2.24) is 24.6 Å². The smallest absolute Gasteiger partial charge is 0.308 e. The Morgan fingerprint density at radius 1 is 1.06 bits per heavy atom. The molecule has 2 aliphatic rings. The predicted octanol–water partition coefficient (Wildman–Crippen LogP) is 4.69. The number of pyridine rings is 1. The number of alkyl halides is 3. The summed E-state index contributed by atoms with van der Waals surface area (Å²) >= 11 is 0. The molecule has 0 radical (unpaired) electrons. The Morgan fingerprint density at radius 3 is 2.50 bits per heavy atom. The number of halogens is 3. The van der Waals surface area contributed by atoms with Crippen LogP contribution < -0.4 is 10.6 Å². The normalized spacial score (nSPS) is 17.2. The Kier molecular flexibility index (Phi) is 6.67. The molecule has 2 N–H and O–H groups in total. The van der Waals surface area contributed by atoms with Crippen molar-refractivity contribution in [1.29, 1.82) is 0 Å². The van der Waals surface area contributed by atoms with Gasteiger partial charge in [0.25, 0.3) is 0 Å². The maximum atomic E-state index is 13.8. The van der Waals surface area contributed by atoms with Crippen molar-refractivity contribution >= 4 is 17.5 Å². The standard InChI is InChI=1S/C25H28F3N7O/c1-33-10-12-34(13-11-33)16-18-2-4-19(14-21(18)25(26,27)28)30-24(36)31-23-7-3-17(15-29-23)22-8-9-35(32-22)20-5-6-20/h2-4,7-9,14-15,20H,5-6,10-13,16H2,1H3,(H2,29,30,31,36). The molecule has 3 heterocycles. The van der Waals surface area contributed by atoms with Crippen LogP contribution in [0.25, 0.3) is 11.3 Å². The number of hydrogen-bond donors (Lipinski definition) is 2. The molecule has 0 atom stereocenters. The molecule has 8 nitrogen and oxygen atoms in total. The largest absolute Gasteiger partial charge is 0.416 e. The summed E-state index contributed by atoms with van der Waals surface area (Å²) < 4.78 is 43.3. The molecule has 0 bridgehead atoms. The van der Waals surface area contributed by atoms with Crippen LogP contribution in [-0.2, 0) is 12.7 Å². The summed E-state index contributed by atoms with van der Waals surface area (Å²) in [5, 5.41) is 9.59. The molecule has 0 spiro atoms. The quantitative estimate of drug-likeness (QED) is 0.515. The van der Waals surface area contributed by atoms with Gasteiger partial charge in [-0.1, -0.05) is 6.07 Å². The highest BCUT2D eigenvalue weighted by atomic mass is 19.4. The summed E-state index contributed by atoms with van der Waals surface area (Å²) in [6, 6.07) is 9.06. The van der Waals surface area contributed by atoms with E-state index in [1.54, 1.807) is 18.3 Å². The van der Waals surface area contributed by atoms with Gasteiger partial charge in [0.05, 0.1) is 17.3 Å². The average molecular weight is 500 g/mol. The molecule has 5 rings (SSSR count). The third-order valence-electron chi connectivity index (χ3n) is 6.49. The molecule has 2 fully saturated rings. The third-order valence-corrected chi connectivity index (χ3v) is 6.49. The van der Waals surface area contributed by atoms with Gasteiger partial charge >= 0.3 is 12.2 Å². The highest BCUT2D eigenvalue weighted by molar-refractivity contribution is 5.99. The van der Waals surface area contributed by atoms with Crippen molar-refractivity contribution in [2.45, 2.75) is 31.6 Å². The average Bonchev–Trinajstić information content (AvgIpc) is 3.58. The van der Waals surface area contributed by atoms with Crippen LogP contribution in [0.1, 0.15) is 30.0 Å². The number of nitrogens with zero attached hydrogens (tertiary/aromatic N) is 5. The number of hydrogen-bond acceptors (Lipinski definition) is 5. The highest BCUT2D eigenvalue weighted by Gasteiger charge is 2.34. The predicted molar refractivity (Wildman–Crippen MR) is 131 cm³/mol. The molecule has 2 aromatic heterocycles. The van der Waals surface area contributed by atoms with E-state index in [-0.39, 0.29) is 23.6 Å². The third kappa shape index (κ3) is 5.85. The van der Waals surface area contributed by atoms with E-state index in [0.29, 0.717) is 19.1 Å². The Balaban J connectivity index is 1.22. The number of likely N-dealkylation sites (N-methyl/N-ethyl adjacent to an activating group) is 1. The van der Waals surface area contributed by atoms with Gasteiger partial charge in [-0.3, -0.25) is 14.9 Å². The van der Waals surface area contributed by atoms with Crippen LogP contribution in [0.2, 0.25) is 0 Å². The molecule has 1 aliphatic carbocycles. The van der Waals surface area contributed by atoms with Crippen LogP contribution in [0.3, 0.4) is 0 Å². The topological polar surface area (TPSA) is 78.3 Å². The van der Waals surface area contributed by atoms with Gasteiger partial charge < -0.3 is 10.2 Å². The zero-order valence-corrected chi connectivity index (χ0v) is 19.9. The molecule has 3 aromatic rings. The molecular formula is C25H28F3N7O. The van der Waals surface area contributed by atoms with Crippen molar-refractivity contribution in [2.75, 3.05) is 43.9 Å². The van der Waals surface area contributed by atoms with Gasteiger partial charge in [0.1, 0.15) is 5.82 Å². The first-order valence-corrected chi connectivity index (χ1v) is 12.0. The van der Waals surface area contributed by atoms with E-state index in [9.17, 15) is 18.0 Å². The zero-order chi connectivity index (χ0) is 25.3. The van der Waals surface area contributed by atoms with Crippen LogP contribution in [0.4, 0.5) is 29.5 Å². The first-order chi connectivity index (χ1) is 17.2. The number of amides is 2. The summed E-state index contributed by atoms with van der Waals surface area (Å²) in [6.07, 6.45) is 1.30. The molecule has 2 amide bonds. The van der Waals surface area contributed by atoms with E-state index in [0.717, 1.165) is 43.3 Å². The Labute approximate surface area is 207 Å². The number of piperazine rings is 1. The number of carbonyl (C=O) groups is 1. The summed E-state index contributed by atoms with van der Waals surface area (Å²) in [5.41, 5.74) is 1.11. The lowest BCUT2D eigenvalue weighted by atomic mass is 10.0.